The van der Waals surface area contributed by atoms with Crippen LogP contribution in [0, 0.1) is 0 Å². The van der Waals surface area contributed by atoms with Gasteiger partial charge in [0, 0.05) is 12.2 Å². The zero-order chi connectivity index (χ0) is 13.5. The van der Waals surface area contributed by atoms with Gasteiger partial charge in [0.1, 0.15) is 9.98 Å². The quantitative estimate of drug-likeness (QED) is 0.843. The van der Waals surface area contributed by atoms with Crippen LogP contribution < -0.4 is 10.6 Å². The fourth-order valence-electron chi connectivity index (χ4n) is 1.57. The zero-order valence-corrected chi connectivity index (χ0v) is 11.9. The SMILES string of the molecule is S=C(NCc1ccccc1)C(=S)Nc1ccccc1. The molecule has 19 heavy (non-hydrogen) atoms. The standard InChI is InChI=1S/C15H14N2S2/c18-14(16-11-12-7-3-1-4-8-12)15(19)17-13-9-5-2-6-10-13/h1-10H,11H2,(H,16,18)(H,17,19). The molecule has 2 aromatic rings. The van der Waals surface area contributed by atoms with E-state index in [1.54, 1.807) is 0 Å². The van der Waals surface area contributed by atoms with Gasteiger partial charge in [-0.25, -0.2) is 0 Å². The second-order valence-electron chi connectivity index (χ2n) is 3.99. The topological polar surface area (TPSA) is 24.1 Å². The highest BCUT2D eigenvalue weighted by atomic mass is 32.1. The maximum Gasteiger partial charge on any atom is 0.138 e. The van der Waals surface area contributed by atoms with Crippen LogP contribution in [0.25, 0.3) is 0 Å². The lowest BCUT2D eigenvalue weighted by molar-refractivity contribution is 0.936. The van der Waals surface area contributed by atoms with Crippen molar-refractivity contribution in [3.8, 4) is 0 Å². The Labute approximate surface area is 123 Å². The molecule has 0 saturated heterocycles. The summed E-state index contributed by atoms with van der Waals surface area (Å²) in [5, 5.41) is 6.25. The molecule has 4 heteroatoms. The molecule has 2 N–H and O–H groups in total. The molecule has 0 spiro atoms. The number of para-hydroxylation sites is 1. The number of nitrogens with one attached hydrogen (secondary N) is 2. The van der Waals surface area contributed by atoms with Gasteiger partial charge in [-0.2, -0.15) is 0 Å². The first-order valence-corrected chi connectivity index (χ1v) is 6.75. The minimum Gasteiger partial charge on any atom is -0.370 e. The van der Waals surface area contributed by atoms with E-state index in [1.165, 1.54) is 5.56 Å². The van der Waals surface area contributed by atoms with Gasteiger partial charge in [0.25, 0.3) is 0 Å². The summed E-state index contributed by atoms with van der Waals surface area (Å²) in [5.74, 6) is 0. The van der Waals surface area contributed by atoms with E-state index in [0.29, 0.717) is 16.5 Å². The van der Waals surface area contributed by atoms with E-state index < -0.39 is 0 Å². The van der Waals surface area contributed by atoms with Crippen LogP contribution in [0.5, 0.6) is 0 Å². The highest BCUT2D eigenvalue weighted by molar-refractivity contribution is 7.89. The summed E-state index contributed by atoms with van der Waals surface area (Å²) in [7, 11) is 0. The van der Waals surface area contributed by atoms with Crippen molar-refractivity contribution in [2.75, 3.05) is 5.32 Å². The summed E-state index contributed by atoms with van der Waals surface area (Å²) in [4.78, 5) is 1.10. The summed E-state index contributed by atoms with van der Waals surface area (Å²) in [5.41, 5.74) is 2.11. The third-order valence-corrected chi connectivity index (χ3v) is 3.32. The Bertz CT molecular complexity index is 553. The lowest BCUT2D eigenvalue weighted by Gasteiger charge is -2.11. The maximum atomic E-state index is 5.26. The molecule has 2 rings (SSSR count). The molecule has 0 aliphatic heterocycles. The van der Waals surface area contributed by atoms with Crippen LogP contribution in [0.15, 0.2) is 60.7 Å². The summed E-state index contributed by atoms with van der Waals surface area (Å²) in [6.07, 6.45) is 0. The van der Waals surface area contributed by atoms with Crippen molar-refractivity contribution < 1.29 is 0 Å². The van der Waals surface area contributed by atoms with E-state index in [0.717, 1.165) is 5.69 Å². The lowest BCUT2D eigenvalue weighted by Crippen LogP contribution is -2.32. The molecule has 0 saturated carbocycles. The fourth-order valence-corrected chi connectivity index (χ4v) is 1.88. The Morgan fingerprint density at radius 1 is 0.789 bits per heavy atom. The molecule has 0 fully saturated rings. The number of rotatable bonds is 3. The van der Waals surface area contributed by atoms with Crippen molar-refractivity contribution in [2.24, 2.45) is 0 Å². The molecular formula is C15H14N2S2. The monoisotopic (exact) mass is 286 g/mol. The van der Waals surface area contributed by atoms with E-state index in [1.807, 2.05) is 60.7 Å². The molecule has 0 aromatic heterocycles. The van der Waals surface area contributed by atoms with Crippen LogP contribution >= 0.6 is 24.4 Å². The average Bonchev–Trinajstić information content (AvgIpc) is 2.47. The van der Waals surface area contributed by atoms with Crippen molar-refractivity contribution >= 4 is 40.1 Å². The minimum absolute atomic E-state index is 0.539. The van der Waals surface area contributed by atoms with Crippen molar-refractivity contribution in [1.29, 1.82) is 0 Å². The van der Waals surface area contributed by atoms with E-state index in [2.05, 4.69) is 10.6 Å². The van der Waals surface area contributed by atoms with Crippen molar-refractivity contribution in [2.45, 2.75) is 6.54 Å². The van der Waals surface area contributed by atoms with E-state index in [-0.39, 0.29) is 0 Å². The van der Waals surface area contributed by atoms with Crippen LogP contribution in [0.2, 0.25) is 0 Å². The second-order valence-corrected chi connectivity index (χ2v) is 4.80. The Morgan fingerprint density at radius 2 is 1.37 bits per heavy atom. The Balaban J connectivity index is 1.85. The molecule has 0 radical (unpaired) electrons. The third-order valence-electron chi connectivity index (χ3n) is 2.53. The van der Waals surface area contributed by atoms with Crippen LogP contribution in [-0.4, -0.2) is 9.98 Å². The van der Waals surface area contributed by atoms with Gasteiger partial charge in [0.15, 0.2) is 0 Å². The van der Waals surface area contributed by atoms with E-state index >= 15 is 0 Å². The lowest BCUT2D eigenvalue weighted by atomic mass is 10.2. The van der Waals surface area contributed by atoms with Crippen LogP contribution in [0.3, 0.4) is 0 Å². The van der Waals surface area contributed by atoms with Crippen molar-refractivity contribution in [3.63, 3.8) is 0 Å². The van der Waals surface area contributed by atoms with E-state index in [9.17, 15) is 0 Å². The predicted molar refractivity (Wildman–Crippen MR) is 88.5 cm³/mol. The molecule has 0 bridgehead atoms. The van der Waals surface area contributed by atoms with Gasteiger partial charge in [0.2, 0.25) is 0 Å². The molecule has 0 aliphatic rings. The van der Waals surface area contributed by atoms with Crippen LogP contribution in [0.1, 0.15) is 5.56 Å². The van der Waals surface area contributed by atoms with Crippen molar-refractivity contribution in [3.05, 3.63) is 66.2 Å². The van der Waals surface area contributed by atoms with Crippen LogP contribution in [0.4, 0.5) is 5.69 Å². The summed E-state index contributed by atoms with van der Waals surface area (Å²) in [6, 6.07) is 19.8. The van der Waals surface area contributed by atoms with E-state index in [4.69, 9.17) is 24.4 Å². The Morgan fingerprint density at radius 3 is 2.00 bits per heavy atom. The first-order valence-electron chi connectivity index (χ1n) is 5.94. The Hall–Kier alpha value is -1.78. The average molecular weight is 286 g/mol. The fraction of sp³-hybridized carbons (Fsp3) is 0.0667. The highest BCUT2D eigenvalue weighted by Gasteiger charge is 2.04. The number of anilines is 1. The highest BCUT2D eigenvalue weighted by Crippen LogP contribution is 2.05. The van der Waals surface area contributed by atoms with Crippen molar-refractivity contribution in [1.82, 2.24) is 5.32 Å². The number of hydrogen-bond acceptors (Lipinski definition) is 2. The number of hydrogen-bond donors (Lipinski definition) is 2. The maximum absolute atomic E-state index is 5.26. The molecule has 2 nitrogen and oxygen atoms in total. The molecule has 96 valence electrons. The van der Waals surface area contributed by atoms with Gasteiger partial charge in [-0.3, -0.25) is 0 Å². The molecule has 0 unspecified atom stereocenters. The van der Waals surface area contributed by atoms with Gasteiger partial charge >= 0.3 is 0 Å². The van der Waals surface area contributed by atoms with Gasteiger partial charge in [0.05, 0.1) is 0 Å². The summed E-state index contributed by atoms with van der Waals surface area (Å²) in [6.45, 7) is 0.677. The number of benzene rings is 2. The predicted octanol–water partition coefficient (Wildman–Crippen LogP) is 3.54. The van der Waals surface area contributed by atoms with Gasteiger partial charge in [-0.1, -0.05) is 73.0 Å². The largest absolute Gasteiger partial charge is 0.370 e. The second kappa shape index (κ2) is 6.97. The zero-order valence-electron chi connectivity index (χ0n) is 10.3. The normalized spacial score (nSPS) is 9.68. The number of thiocarbonyl (C=S) groups is 2. The van der Waals surface area contributed by atoms with Crippen LogP contribution in [-0.2, 0) is 6.54 Å². The van der Waals surface area contributed by atoms with Gasteiger partial charge in [-0.05, 0) is 17.7 Å². The molecular weight excluding hydrogens is 272 g/mol. The summed E-state index contributed by atoms with van der Waals surface area (Å²) >= 11 is 10.5. The van der Waals surface area contributed by atoms with Gasteiger partial charge in [-0.15, -0.1) is 0 Å². The molecule has 0 atom stereocenters. The summed E-state index contributed by atoms with van der Waals surface area (Å²) < 4.78 is 0. The Kier molecular flexibility index (Phi) is 5.01. The smallest absolute Gasteiger partial charge is 0.138 e. The molecule has 2 aromatic carbocycles. The molecule has 0 amide bonds. The first-order chi connectivity index (χ1) is 9.25. The minimum atomic E-state index is 0.539. The third kappa shape index (κ3) is 4.43. The first kappa shape index (κ1) is 13.6. The van der Waals surface area contributed by atoms with Gasteiger partial charge < -0.3 is 10.6 Å². The molecule has 0 aliphatic carbocycles. The molecule has 0 heterocycles.